The fourth-order valence-electron chi connectivity index (χ4n) is 3.28. The van der Waals surface area contributed by atoms with E-state index in [1.165, 1.54) is 43.4 Å². The summed E-state index contributed by atoms with van der Waals surface area (Å²) in [6.45, 7) is 7.95. The molecule has 1 aliphatic heterocycles. The Balaban J connectivity index is 1.88. The third-order valence-electron chi connectivity index (χ3n) is 4.28. The number of hydrogen-bond donors (Lipinski definition) is 1. The third-order valence-corrected chi connectivity index (χ3v) is 4.58. The van der Waals surface area contributed by atoms with Gasteiger partial charge in [0.1, 0.15) is 0 Å². The Morgan fingerprint density at radius 2 is 2.00 bits per heavy atom. The number of piperidine rings is 1. The average molecular weight is 289 g/mol. The van der Waals surface area contributed by atoms with Gasteiger partial charge >= 0.3 is 0 Å². The molecule has 1 aliphatic rings. The molecule has 0 amide bonds. The highest BCUT2D eigenvalue weighted by molar-refractivity contribution is 7.71. The third kappa shape index (κ3) is 2.67. The van der Waals surface area contributed by atoms with Gasteiger partial charge in [-0.15, -0.1) is 0 Å². The van der Waals surface area contributed by atoms with E-state index in [1.54, 1.807) is 0 Å². The molecule has 1 fully saturated rings. The van der Waals surface area contributed by atoms with Crippen LogP contribution in [0.2, 0.25) is 0 Å². The minimum Gasteiger partial charge on any atom is -0.331 e. The number of nitrogens with one attached hydrogen (secondary N) is 1. The molecule has 3 rings (SSSR count). The average Bonchev–Trinajstić information content (AvgIpc) is 2.74. The van der Waals surface area contributed by atoms with Crippen LogP contribution in [-0.4, -0.2) is 34.1 Å². The summed E-state index contributed by atoms with van der Waals surface area (Å²) in [5, 5.41) is 0. The molecule has 1 saturated heterocycles. The van der Waals surface area contributed by atoms with Crippen LogP contribution in [0.5, 0.6) is 0 Å². The van der Waals surface area contributed by atoms with Crippen LogP contribution in [-0.2, 0) is 0 Å². The molecule has 0 aliphatic carbocycles. The summed E-state index contributed by atoms with van der Waals surface area (Å²) < 4.78 is 3.12. The first kappa shape index (κ1) is 13.8. The molecule has 4 heteroatoms. The van der Waals surface area contributed by atoms with Crippen LogP contribution in [0.15, 0.2) is 18.2 Å². The summed E-state index contributed by atoms with van der Waals surface area (Å²) in [6.07, 6.45) is 4.06. The summed E-state index contributed by atoms with van der Waals surface area (Å²) in [6, 6.07) is 6.94. The van der Waals surface area contributed by atoms with Crippen LogP contribution >= 0.6 is 12.2 Å². The molecule has 2 aromatic rings. The quantitative estimate of drug-likeness (QED) is 0.862. The number of nitrogens with zero attached hydrogens (tertiary/aromatic N) is 2. The van der Waals surface area contributed by atoms with Crippen molar-refractivity contribution in [3.63, 3.8) is 0 Å². The van der Waals surface area contributed by atoms with Crippen LogP contribution < -0.4 is 0 Å². The zero-order valence-electron chi connectivity index (χ0n) is 12.4. The summed E-state index contributed by atoms with van der Waals surface area (Å²) >= 11 is 5.53. The normalized spacial score (nSPS) is 18.5. The Kier molecular flexibility index (Phi) is 3.94. The summed E-state index contributed by atoms with van der Waals surface area (Å²) in [5.41, 5.74) is 3.65. The second-order valence-corrected chi connectivity index (χ2v) is 6.42. The van der Waals surface area contributed by atoms with Gasteiger partial charge in [-0.2, -0.15) is 0 Å². The summed E-state index contributed by atoms with van der Waals surface area (Å²) in [5.74, 6) is 0. The van der Waals surface area contributed by atoms with E-state index in [0.29, 0.717) is 6.04 Å². The predicted molar refractivity (Wildman–Crippen MR) is 86.9 cm³/mol. The molecular formula is C16H23N3S. The van der Waals surface area contributed by atoms with E-state index in [1.807, 2.05) is 0 Å². The number of aromatic nitrogens is 2. The van der Waals surface area contributed by atoms with Gasteiger partial charge in [-0.3, -0.25) is 0 Å². The zero-order chi connectivity index (χ0) is 14.1. The molecule has 1 unspecified atom stereocenters. The SMILES string of the molecule is Cc1ccc2c(c1)[nH]c(=S)n2C(C)CN1CCCCC1. The topological polar surface area (TPSA) is 24.0 Å². The molecule has 0 radical (unpaired) electrons. The number of rotatable bonds is 3. The van der Waals surface area contributed by atoms with Crippen molar-refractivity contribution in [2.45, 2.75) is 39.2 Å². The van der Waals surface area contributed by atoms with Gasteiger partial charge in [0, 0.05) is 12.6 Å². The van der Waals surface area contributed by atoms with Crippen LogP contribution in [0.1, 0.15) is 37.8 Å². The predicted octanol–water partition coefficient (Wildman–Crippen LogP) is 4.05. The highest BCUT2D eigenvalue weighted by atomic mass is 32.1. The molecule has 3 nitrogen and oxygen atoms in total. The van der Waals surface area contributed by atoms with Gasteiger partial charge in [-0.25, -0.2) is 0 Å². The second kappa shape index (κ2) is 5.70. The number of fused-ring (bicyclic) bond motifs is 1. The van der Waals surface area contributed by atoms with E-state index in [4.69, 9.17) is 12.2 Å². The number of aromatic amines is 1. The zero-order valence-corrected chi connectivity index (χ0v) is 13.2. The lowest BCUT2D eigenvalue weighted by atomic mass is 10.1. The molecule has 2 heterocycles. The van der Waals surface area contributed by atoms with Crippen LogP contribution in [0, 0.1) is 11.7 Å². The maximum absolute atomic E-state index is 5.53. The minimum absolute atomic E-state index is 0.414. The fraction of sp³-hybridized carbons (Fsp3) is 0.562. The number of H-pyrrole nitrogens is 1. The van der Waals surface area contributed by atoms with Crippen molar-refractivity contribution in [3.05, 3.63) is 28.5 Å². The first-order valence-corrected chi connectivity index (χ1v) is 7.99. The van der Waals surface area contributed by atoms with Crippen molar-refractivity contribution in [2.75, 3.05) is 19.6 Å². The van der Waals surface area contributed by atoms with Crippen molar-refractivity contribution in [1.82, 2.24) is 14.5 Å². The van der Waals surface area contributed by atoms with E-state index in [0.717, 1.165) is 16.8 Å². The molecule has 1 N–H and O–H groups in total. The van der Waals surface area contributed by atoms with Gasteiger partial charge in [0.15, 0.2) is 4.77 Å². The molecule has 0 spiro atoms. The van der Waals surface area contributed by atoms with E-state index in [-0.39, 0.29) is 0 Å². The maximum atomic E-state index is 5.53. The van der Waals surface area contributed by atoms with Crippen molar-refractivity contribution in [2.24, 2.45) is 0 Å². The molecule has 0 saturated carbocycles. The van der Waals surface area contributed by atoms with Gasteiger partial charge in [0.05, 0.1) is 11.0 Å². The molecule has 108 valence electrons. The smallest absolute Gasteiger partial charge is 0.178 e. The van der Waals surface area contributed by atoms with E-state index >= 15 is 0 Å². The lowest BCUT2D eigenvalue weighted by Crippen LogP contribution is -2.34. The van der Waals surface area contributed by atoms with Crippen LogP contribution in [0.3, 0.4) is 0 Å². The number of benzene rings is 1. The number of likely N-dealkylation sites (tertiary alicyclic amines) is 1. The van der Waals surface area contributed by atoms with E-state index in [2.05, 4.69) is 46.5 Å². The standard InChI is InChI=1S/C16H23N3S/c1-12-6-7-15-14(10-12)17-16(20)19(15)13(2)11-18-8-4-3-5-9-18/h6-7,10,13H,3-5,8-9,11H2,1-2H3,(H,17,20). The van der Waals surface area contributed by atoms with Crippen molar-refractivity contribution in [1.29, 1.82) is 0 Å². The van der Waals surface area contributed by atoms with Crippen molar-refractivity contribution in [3.8, 4) is 0 Å². The van der Waals surface area contributed by atoms with Crippen molar-refractivity contribution >= 4 is 23.3 Å². The first-order chi connectivity index (χ1) is 9.65. The summed E-state index contributed by atoms with van der Waals surface area (Å²) in [4.78, 5) is 5.92. The van der Waals surface area contributed by atoms with Crippen LogP contribution in [0.25, 0.3) is 11.0 Å². The van der Waals surface area contributed by atoms with E-state index < -0.39 is 0 Å². The molecule has 1 aromatic heterocycles. The molecular weight excluding hydrogens is 266 g/mol. The Morgan fingerprint density at radius 3 is 2.75 bits per heavy atom. The molecule has 1 atom stereocenters. The largest absolute Gasteiger partial charge is 0.331 e. The Bertz CT molecular complexity index is 649. The second-order valence-electron chi connectivity index (χ2n) is 6.03. The lowest BCUT2D eigenvalue weighted by Gasteiger charge is -2.29. The van der Waals surface area contributed by atoms with Gasteiger partial charge in [0.2, 0.25) is 0 Å². The molecule has 1 aromatic carbocycles. The van der Waals surface area contributed by atoms with E-state index in [9.17, 15) is 0 Å². The highest BCUT2D eigenvalue weighted by Gasteiger charge is 2.16. The first-order valence-electron chi connectivity index (χ1n) is 7.58. The Labute approximate surface area is 125 Å². The van der Waals surface area contributed by atoms with Gasteiger partial charge in [-0.1, -0.05) is 12.5 Å². The van der Waals surface area contributed by atoms with Crippen molar-refractivity contribution < 1.29 is 0 Å². The highest BCUT2D eigenvalue weighted by Crippen LogP contribution is 2.22. The van der Waals surface area contributed by atoms with Crippen LogP contribution in [0.4, 0.5) is 0 Å². The Hall–Kier alpha value is -1.13. The minimum atomic E-state index is 0.414. The fourth-order valence-corrected chi connectivity index (χ4v) is 3.67. The number of hydrogen-bond acceptors (Lipinski definition) is 2. The maximum Gasteiger partial charge on any atom is 0.178 e. The lowest BCUT2D eigenvalue weighted by molar-refractivity contribution is 0.202. The van der Waals surface area contributed by atoms with Gasteiger partial charge in [0.25, 0.3) is 0 Å². The molecule has 0 bridgehead atoms. The number of aryl methyl sites for hydroxylation is 1. The monoisotopic (exact) mass is 289 g/mol. The molecule has 20 heavy (non-hydrogen) atoms. The number of imidazole rings is 1. The Morgan fingerprint density at radius 1 is 1.25 bits per heavy atom. The van der Waals surface area contributed by atoms with Gasteiger partial charge < -0.3 is 14.5 Å². The summed E-state index contributed by atoms with van der Waals surface area (Å²) in [7, 11) is 0. The van der Waals surface area contributed by atoms with Gasteiger partial charge in [-0.05, 0) is 69.7 Å².